The lowest BCUT2D eigenvalue weighted by Crippen LogP contribution is -2.36. The van der Waals surface area contributed by atoms with Gasteiger partial charge in [0, 0.05) is 6.04 Å². The van der Waals surface area contributed by atoms with Gasteiger partial charge in [-0.05, 0) is 62.2 Å². The molecule has 0 aliphatic heterocycles. The van der Waals surface area contributed by atoms with Crippen molar-refractivity contribution in [2.24, 2.45) is 0 Å². The van der Waals surface area contributed by atoms with Gasteiger partial charge >= 0.3 is 0 Å². The molecule has 0 unspecified atom stereocenters. The van der Waals surface area contributed by atoms with Crippen molar-refractivity contribution in [3.8, 4) is 0 Å². The highest BCUT2D eigenvalue weighted by atomic mass is 19.1. The SMILES string of the molecule is CCCN(C(C)C)C(c1ccc(F)cc1)c1ccc(F)cc1. The van der Waals surface area contributed by atoms with E-state index in [9.17, 15) is 8.78 Å². The van der Waals surface area contributed by atoms with Crippen LogP contribution in [0.2, 0.25) is 0 Å². The first kappa shape index (κ1) is 16.6. The Hall–Kier alpha value is -1.74. The molecule has 0 N–H and O–H groups in total. The van der Waals surface area contributed by atoms with Gasteiger partial charge in [0.2, 0.25) is 0 Å². The molecule has 0 saturated heterocycles. The molecule has 0 bridgehead atoms. The second-order valence-electron chi connectivity index (χ2n) is 5.84. The zero-order valence-corrected chi connectivity index (χ0v) is 13.4. The summed E-state index contributed by atoms with van der Waals surface area (Å²) in [5, 5.41) is 0. The predicted molar refractivity (Wildman–Crippen MR) is 86.8 cm³/mol. The van der Waals surface area contributed by atoms with Gasteiger partial charge in [0.15, 0.2) is 0 Å². The molecule has 22 heavy (non-hydrogen) atoms. The number of benzene rings is 2. The third-order valence-electron chi connectivity index (χ3n) is 3.85. The van der Waals surface area contributed by atoms with Crippen LogP contribution in [0.3, 0.4) is 0 Å². The van der Waals surface area contributed by atoms with Crippen molar-refractivity contribution in [2.75, 3.05) is 6.54 Å². The van der Waals surface area contributed by atoms with Crippen molar-refractivity contribution in [1.82, 2.24) is 4.90 Å². The molecule has 3 heteroatoms. The Bertz CT molecular complexity index is 530. The number of hydrogen-bond acceptors (Lipinski definition) is 1. The quantitative estimate of drug-likeness (QED) is 0.711. The number of hydrogen-bond donors (Lipinski definition) is 0. The minimum atomic E-state index is -0.242. The summed E-state index contributed by atoms with van der Waals surface area (Å²) in [5.41, 5.74) is 2.05. The molecule has 0 aliphatic rings. The van der Waals surface area contributed by atoms with E-state index in [1.54, 1.807) is 0 Å². The van der Waals surface area contributed by atoms with Gasteiger partial charge in [-0.1, -0.05) is 31.2 Å². The minimum absolute atomic E-state index is 0.00106. The van der Waals surface area contributed by atoms with E-state index in [1.165, 1.54) is 24.3 Å². The third kappa shape index (κ3) is 3.92. The maximum Gasteiger partial charge on any atom is 0.123 e. The summed E-state index contributed by atoms with van der Waals surface area (Å²) in [6.45, 7) is 7.37. The van der Waals surface area contributed by atoms with E-state index in [4.69, 9.17) is 0 Å². The van der Waals surface area contributed by atoms with E-state index < -0.39 is 0 Å². The smallest absolute Gasteiger partial charge is 0.123 e. The van der Waals surface area contributed by atoms with Crippen LogP contribution < -0.4 is 0 Å². The molecule has 0 aromatic heterocycles. The van der Waals surface area contributed by atoms with E-state index in [0.29, 0.717) is 6.04 Å². The summed E-state index contributed by atoms with van der Waals surface area (Å²) in [6, 6.07) is 13.5. The van der Waals surface area contributed by atoms with Gasteiger partial charge in [0.05, 0.1) is 6.04 Å². The molecule has 0 aliphatic carbocycles. The first-order chi connectivity index (χ1) is 10.5. The van der Waals surface area contributed by atoms with Gasteiger partial charge in [0.25, 0.3) is 0 Å². The molecule has 0 fully saturated rings. The average molecular weight is 303 g/mol. The molecule has 0 saturated carbocycles. The summed E-state index contributed by atoms with van der Waals surface area (Å²) in [4.78, 5) is 2.36. The van der Waals surface area contributed by atoms with E-state index in [2.05, 4.69) is 25.7 Å². The molecule has 118 valence electrons. The average Bonchev–Trinajstić information content (AvgIpc) is 2.50. The van der Waals surface area contributed by atoms with Crippen LogP contribution in [0.1, 0.15) is 44.4 Å². The lowest BCUT2D eigenvalue weighted by Gasteiger charge is -2.35. The Morgan fingerprint density at radius 1 is 0.818 bits per heavy atom. The van der Waals surface area contributed by atoms with Gasteiger partial charge in [-0.15, -0.1) is 0 Å². The summed E-state index contributed by atoms with van der Waals surface area (Å²) in [6.07, 6.45) is 1.02. The molecule has 0 radical (unpaired) electrons. The van der Waals surface area contributed by atoms with Gasteiger partial charge in [-0.2, -0.15) is 0 Å². The first-order valence-corrected chi connectivity index (χ1v) is 7.79. The second-order valence-corrected chi connectivity index (χ2v) is 5.84. The fourth-order valence-corrected chi connectivity index (χ4v) is 2.81. The standard InChI is InChI=1S/C19H23F2N/c1-4-13-22(14(2)3)19(15-5-9-17(20)10-6-15)16-7-11-18(21)12-8-16/h5-12,14,19H,4,13H2,1-3H3. The van der Waals surface area contributed by atoms with Crippen molar-refractivity contribution in [2.45, 2.75) is 39.3 Å². The molecule has 0 heterocycles. The normalized spacial score (nSPS) is 11.6. The van der Waals surface area contributed by atoms with Crippen molar-refractivity contribution < 1.29 is 8.78 Å². The summed E-state index contributed by atoms with van der Waals surface area (Å²) >= 11 is 0. The Balaban J connectivity index is 2.47. The van der Waals surface area contributed by atoms with Crippen LogP contribution in [0.5, 0.6) is 0 Å². The zero-order chi connectivity index (χ0) is 16.1. The highest BCUT2D eigenvalue weighted by molar-refractivity contribution is 5.32. The Kier molecular flexibility index (Phi) is 5.67. The lowest BCUT2D eigenvalue weighted by atomic mass is 9.95. The van der Waals surface area contributed by atoms with Crippen molar-refractivity contribution in [3.63, 3.8) is 0 Å². The molecular formula is C19H23F2N. The van der Waals surface area contributed by atoms with Crippen LogP contribution in [0.15, 0.2) is 48.5 Å². The molecule has 0 atom stereocenters. The number of halogens is 2. The van der Waals surface area contributed by atoms with Gasteiger partial charge in [0.1, 0.15) is 11.6 Å². The van der Waals surface area contributed by atoms with Gasteiger partial charge in [-0.3, -0.25) is 4.90 Å². The Morgan fingerprint density at radius 2 is 1.23 bits per heavy atom. The van der Waals surface area contributed by atoms with Crippen molar-refractivity contribution in [1.29, 1.82) is 0 Å². The number of rotatable bonds is 6. The van der Waals surface area contributed by atoms with Crippen LogP contribution >= 0.6 is 0 Å². The van der Waals surface area contributed by atoms with Crippen LogP contribution in [-0.4, -0.2) is 17.5 Å². The second kappa shape index (κ2) is 7.50. The fraction of sp³-hybridized carbons (Fsp3) is 0.368. The Morgan fingerprint density at radius 3 is 1.55 bits per heavy atom. The predicted octanol–water partition coefficient (Wildman–Crippen LogP) is 5.17. The molecular weight excluding hydrogens is 280 g/mol. The third-order valence-corrected chi connectivity index (χ3v) is 3.85. The minimum Gasteiger partial charge on any atom is -0.290 e. The van der Waals surface area contributed by atoms with Crippen molar-refractivity contribution >= 4 is 0 Å². The first-order valence-electron chi connectivity index (χ1n) is 7.79. The molecule has 2 rings (SSSR count). The molecule has 0 spiro atoms. The highest BCUT2D eigenvalue weighted by Crippen LogP contribution is 2.30. The monoisotopic (exact) mass is 303 g/mol. The summed E-state index contributed by atoms with van der Waals surface area (Å²) in [5.74, 6) is -0.485. The summed E-state index contributed by atoms with van der Waals surface area (Å²) < 4.78 is 26.5. The Labute approximate surface area is 131 Å². The van der Waals surface area contributed by atoms with Crippen LogP contribution in [-0.2, 0) is 0 Å². The lowest BCUT2D eigenvalue weighted by molar-refractivity contribution is 0.177. The molecule has 2 aromatic rings. The maximum atomic E-state index is 13.2. The molecule has 2 aromatic carbocycles. The maximum absolute atomic E-state index is 13.2. The van der Waals surface area contributed by atoms with E-state index in [0.717, 1.165) is 24.1 Å². The largest absolute Gasteiger partial charge is 0.290 e. The molecule has 0 amide bonds. The van der Waals surface area contributed by atoms with Crippen LogP contribution in [0.4, 0.5) is 8.78 Å². The molecule has 1 nitrogen and oxygen atoms in total. The zero-order valence-electron chi connectivity index (χ0n) is 13.4. The number of nitrogens with zero attached hydrogens (tertiary/aromatic N) is 1. The van der Waals surface area contributed by atoms with Crippen LogP contribution in [0.25, 0.3) is 0 Å². The fourth-order valence-electron chi connectivity index (χ4n) is 2.81. The van der Waals surface area contributed by atoms with Crippen molar-refractivity contribution in [3.05, 3.63) is 71.3 Å². The van der Waals surface area contributed by atoms with Gasteiger partial charge in [-0.25, -0.2) is 8.78 Å². The highest BCUT2D eigenvalue weighted by Gasteiger charge is 2.24. The van der Waals surface area contributed by atoms with Crippen LogP contribution in [0, 0.1) is 11.6 Å². The topological polar surface area (TPSA) is 3.24 Å². The summed E-state index contributed by atoms with van der Waals surface area (Å²) in [7, 11) is 0. The van der Waals surface area contributed by atoms with E-state index >= 15 is 0 Å². The van der Waals surface area contributed by atoms with Gasteiger partial charge < -0.3 is 0 Å². The van der Waals surface area contributed by atoms with E-state index in [-0.39, 0.29) is 17.7 Å². The van der Waals surface area contributed by atoms with E-state index in [1.807, 2.05) is 24.3 Å².